The lowest BCUT2D eigenvalue weighted by Crippen LogP contribution is -1.93. The summed E-state index contributed by atoms with van der Waals surface area (Å²) in [6.45, 7) is 6.33. The highest BCUT2D eigenvalue weighted by molar-refractivity contribution is 9.10. The van der Waals surface area contributed by atoms with Crippen molar-refractivity contribution in [2.75, 3.05) is 0 Å². The molecule has 0 bridgehead atoms. The molecule has 1 unspecified atom stereocenters. The second kappa shape index (κ2) is 5.13. The lowest BCUT2D eigenvalue weighted by atomic mass is 10.1. The Bertz CT molecular complexity index is 545. The minimum atomic E-state index is -0.0412. The first-order chi connectivity index (χ1) is 7.99. The minimum Gasteiger partial charge on any atom is -0.143 e. The molecule has 0 aliphatic heterocycles. The van der Waals surface area contributed by atoms with Crippen LogP contribution >= 0.6 is 38.9 Å². The van der Waals surface area contributed by atoms with Crippen LogP contribution in [0.25, 0.3) is 0 Å². The predicted molar refractivity (Wildman–Crippen MR) is 80.4 cm³/mol. The van der Waals surface area contributed by atoms with Gasteiger partial charge in [-0.15, -0.1) is 22.9 Å². The molecule has 17 heavy (non-hydrogen) atoms. The number of rotatable bonds is 2. The fourth-order valence-electron chi connectivity index (χ4n) is 1.89. The molecule has 0 aliphatic carbocycles. The standard InChI is InChI=1S/C14H14BrClS/c1-8-7-11(4-5-12(8)15)13(16)14-9(2)6-10(3)17-14/h4-7,13H,1-3H3. The van der Waals surface area contributed by atoms with Gasteiger partial charge < -0.3 is 0 Å². The molecule has 2 aromatic rings. The zero-order valence-electron chi connectivity index (χ0n) is 10.1. The molecule has 1 heterocycles. The molecule has 1 atom stereocenters. The first-order valence-corrected chi connectivity index (χ1v) is 7.50. The fraction of sp³-hybridized carbons (Fsp3) is 0.286. The SMILES string of the molecule is Cc1cc(C)c(C(Cl)c2ccc(Br)c(C)c2)s1. The molecule has 0 amide bonds. The van der Waals surface area contributed by atoms with Gasteiger partial charge in [0.1, 0.15) is 0 Å². The lowest BCUT2D eigenvalue weighted by molar-refractivity contribution is 1.15. The van der Waals surface area contributed by atoms with Crippen LogP contribution in [0.3, 0.4) is 0 Å². The van der Waals surface area contributed by atoms with Crippen molar-refractivity contribution in [1.29, 1.82) is 0 Å². The highest BCUT2D eigenvalue weighted by Crippen LogP contribution is 2.37. The smallest absolute Gasteiger partial charge is 0.0930 e. The van der Waals surface area contributed by atoms with Crippen molar-refractivity contribution >= 4 is 38.9 Å². The summed E-state index contributed by atoms with van der Waals surface area (Å²) in [5.74, 6) is 0. The zero-order valence-corrected chi connectivity index (χ0v) is 13.2. The van der Waals surface area contributed by atoms with Gasteiger partial charge in [0.05, 0.1) is 5.38 Å². The number of benzene rings is 1. The first kappa shape index (κ1) is 13.1. The van der Waals surface area contributed by atoms with E-state index in [2.05, 4.69) is 61.0 Å². The highest BCUT2D eigenvalue weighted by atomic mass is 79.9. The molecule has 1 aromatic carbocycles. The molecule has 90 valence electrons. The van der Waals surface area contributed by atoms with Crippen molar-refractivity contribution in [2.24, 2.45) is 0 Å². The third-order valence-corrected chi connectivity index (χ3v) is 5.49. The minimum absolute atomic E-state index is 0.0412. The van der Waals surface area contributed by atoms with E-state index in [1.165, 1.54) is 20.9 Å². The van der Waals surface area contributed by atoms with E-state index in [1.807, 2.05) is 0 Å². The van der Waals surface area contributed by atoms with Crippen LogP contribution in [-0.4, -0.2) is 0 Å². The quantitative estimate of drug-likeness (QED) is 0.614. The molecular formula is C14H14BrClS. The van der Waals surface area contributed by atoms with Crippen LogP contribution in [0, 0.1) is 20.8 Å². The van der Waals surface area contributed by atoms with Crippen molar-refractivity contribution in [3.63, 3.8) is 0 Å². The van der Waals surface area contributed by atoms with Crippen LogP contribution in [0.4, 0.5) is 0 Å². The Balaban J connectivity index is 2.40. The van der Waals surface area contributed by atoms with Gasteiger partial charge in [0.25, 0.3) is 0 Å². The normalized spacial score (nSPS) is 12.8. The molecule has 0 saturated heterocycles. The summed E-state index contributed by atoms with van der Waals surface area (Å²) in [6.07, 6.45) is 0. The summed E-state index contributed by atoms with van der Waals surface area (Å²) in [5.41, 5.74) is 3.67. The van der Waals surface area contributed by atoms with Crippen molar-refractivity contribution in [1.82, 2.24) is 0 Å². The molecule has 0 saturated carbocycles. The van der Waals surface area contributed by atoms with E-state index in [1.54, 1.807) is 11.3 Å². The van der Waals surface area contributed by atoms with Gasteiger partial charge in [0.15, 0.2) is 0 Å². The Morgan fingerprint density at radius 3 is 2.35 bits per heavy atom. The summed E-state index contributed by atoms with van der Waals surface area (Å²) in [7, 11) is 0. The second-order valence-electron chi connectivity index (χ2n) is 4.28. The Labute approximate surface area is 120 Å². The van der Waals surface area contributed by atoms with E-state index in [4.69, 9.17) is 11.6 Å². The van der Waals surface area contributed by atoms with E-state index in [0.717, 1.165) is 10.0 Å². The summed E-state index contributed by atoms with van der Waals surface area (Å²) < 4.78 is 1.13. The van der Waals surface area contributed by atoms with Gasteiger partial charge in [-0.05, 0) is 49.6 Å². The second-order valence-corrected chi connectivity index (χ2v) is 6.85. The molecule has 0 aliphatic rings. The summed E-state index contributed by atoms with van der Waals surface area (Å²) in [5, 5.41) is -0.0412. The van der Waals surface area contributed by atoms with Gasteiger partial charge in [0.2, 0.25) is 0 Å². The van der Waals surface area contributed by atoms with E-state index in [9.17, 15) is 0 Å². The highest BCUT2D eigenvalue weighted by Gasteiger charge is 2.16. The average molecular weight is 330 g/mol. The molecule has 0 spiro atoms. The fourth-order valence-corrected chi connectivity index (χ4v) is 3.62. The van der Waals surface area contributed by atoms with Gasteiger partial charge in [0, 0.05) is 14.2 Å². The maximum atomic E-state index is 6.57. The predicted octanol–water partition coefficient (Wildman–Crippen LogP) is 5.76. The van der Waals surface area contributed by atoms with E-state index in [-0.39, 0.29) is 5.38 Å². The van der Waals surface area contributed by atoms with Gasteiger partial charge >= 0.3 is 0 Å². The third-order valence-electron chi connectivity index (χ3n) is 2.78. The molecule has 0 nitrogen and oxygen atoms in total. The Morgan fingerprint density at radius 1 is 1.12 bits per heavy atom. The van der Waals surface area contributed by atoms with Crippen LogP contribution in [0.2, 0.25) is 0 Å². The van der Waals surface area contributed by atoms with Gasteiger partial charge in [-0.1, -0.05) is 28.1 Å². The van der Waals surface area contributed by atoms with Crippen molar-refractivity contribution in [3.8, 4) is 0 Å². The molecule has 1 aromatic heterocycles. The molecule has 3 heteroatoms. The van der Waals surface area contributed by atoms with Gasteiger partial charge in [-0.2, -0.15) is 0 Å². The average Bonchev–Trinajstić information content (AvgIpc) is 2.61. The summed E-state index contributed by atoms with van der Waals surface area (Å²) in [4.78, 5) is 2.57. The molecule has 0 fully saturated rings. The van der Waals surface area contributed by atoms with Gasteiger partial charge in [-0.3, -0.25) is 0 Å². The number of hydrogen-bond acceptors (Lipinski definition) is 1. The number of aryl methyl sites for hydroxylation is 3. The Hall–Kier alpha value is -0.310. The topological polar surface area (TPSA) is 0 Å². The maximum Gasteiger partial charge on any atom is 0.0930 e. The van der Waals surface area contributed by atoms with Crippen LogP contribution in [0.5, 0.6) is 0 Å². The maximum absolute atomic E-state index is 6.57. The lowest BCUT2D eigenvalue weighted by Gasteiger charge is -2.11. The monoisotopic (exact) mass is 328 g/mol. The van der Waals surface area contributed by atoms with Crippen LogP contribution in [-0.2, 0) is 0 Å². The number of thiophene rings is 1. The van der Waals surface area contributed by atoms with Crippen molar-refractivity contribution in [3.05, 3.63) is 55.2 Å². The Morgan fingerprint density at radius 2 is 1.82 bits per heavy atom. The zero-order chi connectivity index (χ0) is 12.6. The third kappa shape index (κ3) is 2.75. The number of alkyl halides is 1. The number of hydrogen-bond donors (Lipinski definition) is 0. The van der Waals surface area contributed by atoms with Crippen LogP contribution in [0.1, 0.15) is 31.8 Å². The Kier molecular flexibility index (Phi) is 3.96. The first-order valence-electron chi connectivity index (χ1n) is 5.46. The summed E-state index contributed by atoms with van der Waals surface area (Å²) in [6, 6.07) is 8.50. The molecule has 0 N–H and O–H groups in total. The molecule has 0 radical (unpaired) electrons. The van der Waals surface area contributed by atoms with Crippen LogP contribution < -0.4 is 0 Å². The van der Waals surface area contributed by atoms with E-state index in [0.29, 0.717) is 0 Å². The van der Waals surface area contributed by atoms with E-state index >= 15 is 0 Å². The molecule has 2 rings (SSSR count). The van der Waals surface area contributed by atoms with Crippen molar-refractivity contribution in [2.45, 2.75) is 26.1 Å². The largest absolute Gasteiger partial charge is 0.143 e. The van der Waals surface area contributed by atoms with Gasteiger partial charge in [-0.25, -0.2) is 0 Å². The van der Waals surface area contributed by atoms with E-state index < -0.39 is 0 Å². The van der Waals surface area contributed by atoms with Crippen molar-refractivity contribution < 1.29 is 0 Å². The summed E-state index contributed by atoms with van der Waals surface area (Å²) >= 11 is 11.9. The molecular weight excluding hydrogens is 316 g/mol. The number of halogens is 2. The van der Waals surface area contributed by atoms with Crippen LogP contribution in [0.15, 0.2) is 28.7 Å².